The molecule has 0 saturated carbocycles. The van der Waals surface area contributed by atoms with Gasteiger partial charge in [0.25, 0.3) is 0 Å². The quantitative estimate of drug-likeness (QED) is 0.900. The highest BCUT2D eigenvalue weighted by Crippen LogP contribution is 2.33. The number of nitrogens with one attached hydrogen (secondary N) is 1. The van der Waals surface area contributed by atoms with E-state index in [4.69, 9.17) is 0 Å². The molecule has 0 saturated heterocycles. The van der Waals surface area contributed by atoms with Crippen LogP contribution in [0.1, 0.15) is 37.6 Å². The number of nitrogens with zero attached hydrogens (tertiary/aromatic N) is 2. The van der Waals surface area contributed by atoms with Gasteiger partial charge >= 0.3 is 0 Å². The molecule has 98 valence electrons. The van der Waals surface area contributed by atoms with Crippen LogP contribution in [0.3, 0.4) is 0 Å². The summed E-state index contributed by atoms with van der Waals surface area (Å²) in [5, 5.41) is 4.68. The van der Waals surface area contributed by atoms with Gasteiger partial charge in [-0.15, -0.1) is 11.3 Å². The van der Waals surface area contributed by atoms with Gasteiger partial charge in [-0.25, -0.2) is 9.97 Å². The lowest BCUT2D eigenvalue weighted by Crippen LogP contribution is -2.22. The van der Waals surface area contributed by atoms with Crippen LogP contribution in [-0.4, -0.2) is 16.5 Å². The van der Waals surface area contributed by atoms with Gasteiger partial charge in [0.1, 0.15) is 17.0 Å². The predicted molar refractivity (Wildman–Crippen MR) is 79.5 cm³/mol. The molecule has 2 heterocycles. The second kappa shape index (κ2) is 4.84. The van der Waals surface area contributed by atoms with Gasteiger partial charge in [0.2, 0.25) is 0 Å². The van der Waals surface area contributed by atoms with Crippen molar-refractivity contribution >= 4 is 27.4 Å². The smallest absolute Gasteiger partial charge is 0.138 e. The van der Waals surface area contributed by atoms with Crippen molar-refractivity contribution < 1.29 is 0 Å². The van der Waals surface area contributed by atoms with Crippen molar-refractivity contribution in [3.63, 3.8) is 0 Å². The zero-order chi connectivity index (χ0) is 13.3. The molecule has 0 bridgehead atoms. The number of hydrogen-bond acceptors (Lipinski definition) is 4. The minimum atomic E-state index is 0.288. The van der Waals surface area contributed by atoms with E-state index in [0.29, 0.717) is 0 Å². The molecular formula is C14H21N3S. The summed E-state index contributed by atoms with van der Waals surface area (Å²) in [4.78, 5) is 11.2. The van der Waals surface area contributed by atoms with Crippen molar-refractivity contribution in [3.05, 3.63) is 16.8 Å². The Morgan fingerprint density at radius 2 is 2.00 bits per heavy atom. The van der Waals surface area contributed by atoms with E-state index >= 15 is 0 Å². The van der Waals surface area contributed by atoms with Crippen LogP contribution in [-0.2, 0) is 0 Å². The van der Waals surface area contributed by atoms with E-state index in [1.165, 1.54) is 15.8 Å². The fourth-order valence-electron chi connectivity index (χ4n) is 1.76. The molecule has 0 amide bonds. The van der Waals surface area contributed by atoms with Crippen LogP contribution in [0.4, 0.5) is 5.82 Å². The van der Waals surface area contributed by atoms with Gasteiger partial charge in [-0.3, -0.25) is 0 Å². The Morgan fingerprint density at radius 1 is 1.28 bits per heavy atom. The Labute approximate surface area is 113 Å². The zero-order valence-electron chi connectivity index (χ0n) is 11.8. The van der Waals surface area contributed by atoms with E-state index in [9.17, 15) is 0 Å². The molecule has 2 rings (SSSR count). The molecule has 0 aliphatic heterocycles. The lowest BCUT2D eigenvalue weighted by atomic mass is 9.90. The van der Waals surface area contributed by atoms with Gasteiger partial charge < -0.3 is 5.32 Å². The van der Waals surface area contributed by atoms with Crippen LogP contribution in [0.25, 0.3) is 10.2 Å². The summed E-state index contributed by atoms with van der Waals surface area (Å²) >= 11 is 1.74. The summed E-state index contributed by atoms with van der Waals surface area (Å²) in [5.74, 6) is 0.975. The molecule has 0 aliphatic rings. The number of anilines is 1. The first kappa shape index (κ1) is 13.3. The third-order valence-electron chi connectivity index (χ3n) is 3.66. The lowest BCUT2D eigenvalue weighted by Gasteiger charge is -2.23. The normalized spacial score (nSPS) is 12.1. The molecule has 18 heavy (non-hydrogen) atoms. The average molecular weight is 263 g/mol. The fourth-order valence-corrected chi connectivity index (χ4v) is 2.76. The monoisotopic (exact) mass is 263 g/mol. The molecule has 0 spiro atoms. The molecule has 0 fully saturated rings. The summed E-state index contributed by atoms with van der Waals surface area (Å²) in [7, 11) is 0. The molecule has 0 radical (unpaired) electrons. The molecule has 0 unspecified atom stereocenters. The minimum absolute atomic E-state index is 0.288. The van der Waals surface area contributed by atoms with Crippen LogP contribution >= 0.6 is 11.3 Å². The number of rotatable bonds is 4. The maximum atomic E-state index is 4.40. The zero-order valence-corrected chi connectivity index (χ0v) is 12.6. The van der Waals surface area contributed by atoms with E-state index in [1.807, 2.05) is 0 Å². The molecular weight excluding hydrogens is 242 g/mol. The van der Waals surface area contributed by atoms with Crippen LogP contribution in [0, 0.1) is 19.3 Å². The summed E-state index contributed by atoms with van der Waals surface area (Å²) in [5.41, 5.74) is 1.59. The van der Waals surface area contributed by atoms with Crippen molar-refractivity contribution in [2.45, 2.75) is 41.0 Å². The van der Waals surface area contributed by atoms with E-state index in [0.717, 1.165) is 23.6 Å². The Bertz CT molecular complexity index is 557. The highest BCUT2D eigenvalue weighted by atomic mass is 32.1. The fraction of sp³-hybridized carbons (Fsp3) is 0.571. The average Bonchev–Trinajstić information content (AvgIpc) is 2.63. The molecule has 1 N–H and O–H groups in total. The minimum Gasteiger partial charge on any atom is -0.369 e. The van der Waals surface area contributed by atoms with Gasteiger partial charge in [-0.1, -0.05) is 20.8 Å². The molecule has 2 aromatic heterocycles. The number of thiophene rings is 1. The molecule has 0 aliphatic carbocycles. The summed E-state index contributed by atoms with van der Waals surface area (Å²) in [6.07, 6.45) is 2.80. The first-order chi connectivity index (χ1) is 8.44. The number of fused-ring (bicyclic) bond motifs is 1. The first-order valence-electron chi connectivity index (χ1n) is 6.39. The molecule has 0 atom stereocenters. The second-order valence-corrected chi connectivity index (χ2v) is 6.76. The topological polar surface area (TPSA) is 37.8 Å². The van der Waals surface area contributed by atoms with Crippen LogP contribution in [0.2, 0.25) is 0 Å². The Morgan fingerprint density at radius 3 is 2.67 bits per heavy atom. The summed E-state index contributed by atoms with van der Waals surface area (Å²) in [6, 6.07) is 0. The van der Waals surface area contributed by atoms with Crippen LogP contribution in [0.15, 0.2) is 6.33 Å². The molecule has 2 aromatic rings. The van der Waals surface area contributed by atoms with Crippen molar-refractivity contribution in [3.8, 4) is 0 Å². The third-order valence-corrected chi connectivity index (χ3v) is 4.77. The molecule has 4 heteroatoms. The number of hydrogen-bond donors (Lipinski definition) is 1. The van der Waals surface area contributed by atoms with Gasteiger partial charge in [0.15, 0.2) is 0 Å². The van der Waals surface area contributed by atoms with Crippen molar-refractivity contribution in [1.82, 2.24) is 9.97 Å². The maximum absolute atomic E-state index is 4.40. The standard InChI is InChI=1S/C14H21N3S/c1-6-14(4,5)7-15-12-11-9(2)10(3)18-13(11)17-8-16-12/h8H,6-7H2,1-5H3,(H,15,16,17). The Balaban J connectivity index is 2.34. The van der Waals surface area contributed by atoms with Crippen LogP contribution in [0.5, 0.6) is 0 Å². The third kappa shape index (κ3) is 2.48. The highest BCUT2D eigenvalue weighted by Gasteiger charge is 2.17. The Kier molecular flexibility index (Phi) is 3.57. The first-order valence-corrected chi connectivity index (χ1v) is 7.21. The number of aromatic nitrogens is 2. The van der Waals surface area contributed by atoms with E-state index in [-0.39, 0.29) is 5.41 Å². The van der Waals surface area contributed by atoms with E-state index in [1.54, 1.807) is 17.7 Å². The van der Waals surface area contributed by atoms with E-state index in [2.05, 4.69) is 49.9 Å². The van der Waals surface area contributed by atoms with Gasteiger partial charge in [-0.2, -0.15) is 0 Å². The summed E-state index contributed by atoms with van der Waals surface area (Å²) < 4.78 is 0. The van der Waals surface area contributed by atoms with Gasteiger partial charge in [0, 0.05) is 11.4 Å². The summed E-state index contributed by atoms with van der Waals surface area (Å²) in [6.45, 7) is 12.0. The second-order valence-electron chi connectivity index (χ2n) is 5.56. The number of aryl methyl sites for hydroxylation is 2. The van der Waals surface area contributed by atoms with Crippen molar-refractivity contribution in [2.24, 2.45) is 5.41 Å². The molecule has 0 aromatic carbocycles. The SMILES string of the molecule is CCC(C)(C)CNc1ncnc2sc(C)c(C)c12. The lowest BCUT2D eigenvalue weighted by molar-refractivity contribution is 0.376. The van der Waals surface area contributed by atoms with Crippen molar-refractivity contribution in [1.29, 1.82) is 0 Å². The molecule has 3 nitrogen and oxygen atoms in total. The van der Waals surface area contributed by atoms with Crippen LogP contribution < -0.4 is 5.32 Å². The predicted octanol–water partition coefficient (Wildman–Crippen LogP) is 4.16. The van der Waals surface area contributed by atoms with Crippen molar-refractivity contribution in [2.75, 3.05) is 11.9 Å². The van der Waals surface area contributed by atoms with Gasteiger partial charge in [0.05, 0.1) is 5.39 Å². The largest absolute Gasteiger partial charge is 0.369 e. The maximum Gasteiger partial charge on any atom is 0.138 e. The highest BCUT2D eigenvalue weighted by molar-refractivity contribution is 7.18. The van der Waals surface area contributed by atoms with E-state index < -0.39 is 0 Å². The Hall–Kier alpha value is -1.16. The van der Waals surface area contributed by atoms with Gasteiger partial charge in [-0.05, 0) is 31.2 Å².